The summed E-state index contributed by atoms with van der Waals surface area (Å²) in [6.07, 6.45) is 0.608. The van der Waals surface area contributed by atoms with E-state index in [1.165, 1.54) is 0 Å². The van der Waals surface area contributed by atoms with Gasteiger partial charge in [0.15, 0.2) is 6.61 Å². The highest BCUT2D eigenvalue weighted by Crippen LogP contribution is 2.22. The van der Waals surface area contributed by atoms with Crippen molar-refractivity contribution in [2.75, 3.05) is 19.7 Å². The lowest BCUT2D eigenvalue weighted by Gasteiger charge is -2.34. The van der Waals surface area contributed by atoms with Gasteiger partial charge in [-0.2, -0.15) is 0 Å². The van der Waals surface area contributed by atoms with Crippen molar-refractivity contribution in [2.24, 2.45) is 11.8 Å². The standard InChI is InChI=1S/C15H18ClNO4/c1-10-6-11(15(19)20)8-17(7-10)14(18)9-21-13-4-2-12(16)3-5-13/h2-5,10-11H,6-9H2,1H3,(H,19,20). The second-order valence-corrected chi connectivity index (χ2v) is 5.85. The maximum absolute atomic E-state index is 12.1. The molecule has 0 spiro atoms. The first-order chi connectivity index (χ1) is 9.95. The van der Waals surface area contributed by atoms with Crippen LogP contribution in [0.2, 0.25) is 5.02 Å². The van der Waals surface area contributed by atoms with Crippen LogP contribution in [-0.4, -0.2) is 41.6 Å². The van der Waals surface area contributed by atoms with E-state index in [0.717, 1.165) is 0 Å². The smallest absolute Gasteiger partial charge is 0.308 e. The maximum atomic E-state index is 12.1. The Morgan fingerprint density at radius 1 is 1.33 bits per heavy atom. The Kier molecular flexibility index (Phi) is 5.07. The second-order valence-electron chi connectivity index (χ2n) is 5.42. The molecule has 114 valence electrons. The number of hydrogen-bond donors (Lipinski definition) is 1. The Hall–Kier alpha value is -1.75. The fourth-order valence-electron chi connectivity index (χ4n) is 2.50. The van der Waals surface area contributed by atoms with Crippen LogP contribution in [-0.2, 0) is 9.59 Å². The first kappa shape index (κ1) is 15.6. The molecule has 1 heterocycles. The third-order valence-corrected chi connectivity index (χ3v) is 3.79. The molecule has 1 aliphatic heterocycles. The van der Waals surface area contributed by atoms with E-state index < -0.39 is 11.9 Å². The van der Waals surface area contributed by atoms with Crippen LogP contribution in [0, 0.1) is 11.8 Å². The number of hydrogen-bond acceptors (Lipinski definition) is 3. The fraction of sp³-hybridized carbons (Fsp3) is 0.467. The maximum Gasteiger partial charge on any atom is 0.308 e. The van der Waals surface area contributed by atoms with Gasteiger partial charge >= 0.3 is 5.97 Å². The SMILES string of the molecule is CC1CC(C(=O)O)CN(C(=O)COc2ccc(Cl)cc2)C1. The van der Waals surface area contributed by atoms with Crippen LogP contribution in [0.3, 0.4) is 0 Å². The quantitative estimate of drug-likeness (QED) is 0.926. The molecule has 0 aromatic heterocycles. The Balaban J connectivity index is 1.90. The number of likely N-dealkylation sites (tertiary alicyclic amines) is 1. The van der Waals surface area contributed by atoms with Crippen molar-refractivity contribution in [3.63, 3.8) is 0 Å². The number of amides is 1. The number of piperidine rings is 1. The van der Waals surface area contributed by atoms with Crippen LogP contribution in [0.4, 0.5) is 0 Å². The Morgan fingerprint density at radius 2 is 2.00 bits per heavy atom. The molecule has 1 amide bonds. The van der Waals surface area contributed by atoms with Crippen molar-refractivity contribution in [1.29, 1.82) is 0 Å². The number of rotatable bonds is 4. The minimum absolute atomic E-state index is 0.0965. The van der Waals surface area contributed by atoms with Gasteiger partial charge in [0.25, 0.3) is 5.91 Å². The van der Waals surface area contributed by atoms with Crippen LogP contribution in [0.5, 0.6) is 5.75 Å². The highest BCUT2D eigenvalue weighted by atomic mass is 35.5. The molecule has 0 saturated carbocycles. The average Bonchev–Trinajstić information content (AvgIpc) is 2.45. The van der Waals surface area contributed by atoms with Crippen molar-refractivity contribution in [1.82, 2.24) is 4.90 Å². The van der Waals surface area contributed by atoms with Gasteiger partial charge < -0.3 is 14.7 Å². The molecule has 2 rings (SSSR count). The number of carboxylic acid groups (broad SMARTS) is 1. The van der Waals surface area contributed by atoms with Crippen molar-refractivity contribution in [2.45, 2.75) is 13.3 Å². The summed E-state index contributed by atoms with van der Waals surface area (Å²) in [4.78, 5) is 24.8. The normalized spacial score (nSPS) is 21.9. The molecule has 5 nitrogen and oxygen atoms in total. The highest BCUT2D eigenvalue weighted by molar-refractivity contribution is 6.30. The first-order valence-corrected chi connectivity index (χ1v) is 7.22. The number of carbonyl (C=O) groups excluding carboxylic acids is 1. The summed E-state index contributed by atoms with van der Waals surface area (Å²) in [7, 11) is 0. The molecular weight excluding hydrogens is 294 g/mol. The molecule has 1 aliphatic rings. The van der Waals surface area contributed by atoms with Gasteiger partial charge in [0, 0.05) is 18.1 Å². The number of nitrogens with zero attached hydrogens (tertiary/aromatic N) is 1. The summed E-state index contributed by atoms with van der Waals surface area (Å²) in [6.45, 7) is 2.69. The lowest BCUT2D eigenvalue weighted by atomic mass is 9.90. The van der Waals surface area contributed by atoms with E-state index in [4.69, 9.17) is 21.4 Å². The Labute approximate surface area is 128 Å². The van der Waals surface area contributed by atoms with Crippen LogP contribution in [0.1, 0.15) is 13.3 Å². The molecular formula is C15H18ClNO4. The number of benzene rings is 1. The Bertz CT molecular complexity index is 517. The lowest BCUT2D eigenvalue weighted by Crippen LogP contribution is -2.47. The number of aliphatic carboxylic acids is 1. The number of carbonyl (C=O) groups is 2. The second kappa shape index (κ2) is 6.80. The van der Waals surface area contributed by atoms with Gasteiger partial charge in [-0.1, -0.05) is 18.5 Å². The monoisotopic (exact) mass is 311 g/mol. The van der Waals surface area contributed by atoms with Gasteiger partial charge in [-0.3, -0.25) is 9.59 Å². The molecule has 0 radical (unpaired) electrons. The highest BCUT2D eigenvalue weighted by Gasteiger charge is 2.31. The first-order valence-electron chi connectivity index (χ1n) is 6.84. The molecule has 1 aromatic carbocycles. The average molecular weight is 312 g/mol. The number of carboxylic acids is 1. The van der Waals surface area contributed by atoms with Crippen molar-refractivity contribution < 1.29 is 19.4 Å². The summed E-state index contributed by atoms with van der Waals surface area (Å²) in [6, 6.07) is 6.75. The minimum Gasteiger partial charge on any atom is -0.484 e. The summed E-state index contributed by atoms with van der Waals surface area (Å²) >= 11 is 5.77. The van der Waals surface area contributed by atoms with Gasteiger partial charge in [0.2, 0.25) is 0 Å². The molecule has 0 bridgehead atoms. The van der Waals surface area contributed by atoms with E-state index in [0.29, 0.717) is 23.7 Å². The van der Waals surface area contributed by atoms with Crippen molar-refractivity contribution in [3.05, 3.63) is 29.3 Å². The van der Waals surface area contributed by atoms with E-state index >= 15 is 0 Å². The third kappa shape index (κ3) is 4.36. The zero-order valence-corrected chi connectivity index (χ0v) is 12.5. The summed E-state index contributed by atoms with van der Waals surface area (Å²) in [5.41, 5.74) is 0. The largest absolute Gasteiger partial charge is 0.484 e. The van der Waals surface area contributed by atoms with E-state index in [1.54, 1.807) is 29.2 Å². The predicted molar refractivity (Wildman–Crippen MR) is 78.4 cm³/mol. The van der Waals surface area contributed by atoms with Crippen LogP contribution < -0.4 is 4.74 Å². The van der Waals surface area contributed by atoms with Crippen molar-refractivity contribution >= 4 is 23.5 Å². The van der Waals surface area contributed by atoms with Gasteiger partial charge in [0.1, 0.15) is 5.75 Å². The molecule has 1 fully saturated rings. The molecule has 1 aromatic rings. The molecule has 6 heteroatoms. The number of ether oxygens (including phenoxy) is 1. The van der Waals surface area contributed by atoms with E-state index in [1.807, 2.05) is 6.92 Å². The molecule has 2 atom stereocenters. The summed E-state index contributed by atoms with van der Waals surface area (Å²) in [5, 5.41) is 9.71. The number of halogens is 1. The van der Waals surface area contributed by atoms with E-state index in [-0.39, 0.29) is 25.0 Å². The van der Waals surface area contributed by atoms with Gasteiger partial charge in [0.05, 0.1) is 5.92 Å². The minimum atomic E-state index is -0.849. The molecule has 2 unspecified atom stereocenters. The van der Waals surface area contributed by atoms with E-state index in [9.17, 15) is 9.59 Å². The van der Waals surface area contributed by atoms with Crippen LogP contribution in [0.15, 0.2) is 24.3 Å². The van der Waals surface area contributed by atoms with Gasteiger partial charge in [-0.05, 0) is 36.6 Å². The van der Waals surface area contributed by atoms with Crippen LogP contribution in [0.25, 0.3) is 0 Å². The zero-order chi connectivity index (χ0) is 15.4. The van der Waals surface area contributed by atoms with Crippen molar-refractivity contribution in [3.8, 4) is 5.75 Å². The summed E-state index contributed by atoms with van der Waals surface area (Å²) < 4.78 is 5.41. The molecule has 1 saturated heterocycles. The predicted octanol–water partition coefficient (Wildman–Crippen LogP) is 2.29. The third-order valence-electron chi connectivity index (χ3n) is 3.54. The summed E-state index contributed by atoms with van der Waals surface area (Å²) in [5.74, 6) is -0.791. The Morgan fingerprint density at radius 3 is 2.62 bits per heavy atom. The zero-order valence-electron chi connectivity index (χ0n) is 11.8. The molecule has 0 aliphatic carbocycles. The molecule has 1 N–H and O–H groups in total. The molecule has 21 heavy (non-hydrogen) atoms. The van der Waals surface area contributed by atoms with Gasteiger partial charge in [-0.15, -0.1) is 0 Å². The topological polar surface area (TPSA) is 66.8 Å². The lowest BCUT2D eigenvalue weighted by molar-refractivity contribution is -0.147. The van der Waals surface area contributed by atoms with Gasteiger partial charge in [-0.25, -0.2) is 0 Å². The van der Waals surface area contributed by atoms with E-state index in [2.05, 4.69) is 0 Å². The fourth-order valence-corrected chi connectivity index (χ4v) is 2.63. The van der Waals surface area contributed by atoms with Crippen LogP contribution >= 0.6 is 11.6 Å².